The van der Waals surface area contributed by atoms with E-state index in [2.05, 4.69) is 30.4 Å². The molecule has 19 heavy (non-hydrogen) atoms. The van der Waals surface area contributed by atoms with Crippen LogP contribution in [0.1, 0.15) is 31.9 Å². The Labute approximate surface area is 115 Å². The van der Waals surface area contributed by atoms with E-state index >= 15 is 0 Å². The van der Waals surface area contributed by atoms with Gasteiger partial charge in [-0.05, 0) is 33.3 Å². The molecule has 0 amide bonds. The van der Waals surface area contributed by atoms with Gasteiger partial charge in [0.2, 0.25) is 0 Å². The summed E-state index contributed by atoms with van der Waals surface area (Å²) in [5.41, 5.74) is 1.95. The summed E-state index contributed by atoms with van der Waals surface area (Å²) in [5, 5.41) is 3.21. The standard InChI is InChI=1S/C15H23NO3/c1-12-6-5-7-13(10-12)11-16-8-9-18-14(17)19-15(2,3)4/h5-7,10,16H,8-9,11H2,1-4H3. The summed E-state index contributed by atoms with van der Waals surface area (Å²) in [7, 11) is 0. The van der Waals surface area contributed by atoms with Crippen LogP contribution in [0.5, 0.6) is 0 Å². The number of hydrogen-bond acceptors (Lipinski definition) is 4. The fraction of sp³-hybridized carbons (Fsp3) is 0.533. The SMILES string of the molecule is Cc1cccc(CNCCOC(=O)OC(C)(C)C)c1. The normalized spacial score (nSPS) is 11.2. The predicted octanol–water partition coefficient (Wildman–Crippen LogP) is 3.04. The van der Waals surface area contributed by atoms with Crippen LogP contribution in [0.15, 0.2) is 24.3 Å². The molecule has 1 aromatic rings. The lowest BCUT2D eigenvalue weighted by Gasteiger charge is -2.18. The number of nitrogens with one attached hydrogen (secondary N) is 1. The molecule has 0 saturated heterocycles. The largest absolute Gasteiger partial charge is 0.508 e. The molecule has 1 aromatic carbocycles. The van der Waals surface area contributed by atoms with Gasteiger partial charge in [-0.25, -0.2) is 4.79 Å². The summed E-state index contributed by atoms with van der Waals surface area (Å²) >= 11 is 0. The van der Waals surface area contributed by atoms with Gasteiger partial charge >= 0.3 is 6.16 Å². The van der Waals surface area contributed by atoms with Gasteiger partial charge in [0.15, 0.2) is 0 Å². The molecule has 0 aliphatic rings. The third-order valence-corrected chi connectivity index (χ3v) is 2.30. The average molecular weight is 265 g/mol. The Hall–Kier alpha value is -1.55. The van der Waals surface area contributed by atoms with Gasteiger partial charge in [-0.3, -0.25) is 0 Å². The first-order chi connectivity index (χ1) is 8.87. The lowest BCUT2D eigenvalue weighted by atomic mass is 10.1. The van der Waals surface area contributed by atoms with Gasteiger partial charge in [0.05, 0.1) is 0 Å². The first-order valence-corrected chi connectivity index (χ1v) is 6.49. The first kappa shape index (κ1) is 15.5. The summed E-state index contributed by atoms with van der Waals surface area (Å²) in [6.45, 7) is 9.17. The fourth-order valence-electron chi connectivity index (χ4n) is 1.54. The molecule has 0 aromatic heterocycles. The van der Waals surface area contributed by atoms with Crippen LogP contribution in [0, 0.1) is 6.92 Å². The summed E-state index contributed by atoms with van der Waals surface area (Å²) < 4.78 is 9.99. The van der Waals surface area contributed by atoms with Gasteiger partial charge in [-0.1, -0.05) is 29.8 Å². The van der Waals surface area contributed by atoms with Crippen molar-refractivity contribution in [2.24, 2.45) is 0 Å². The van der Waals surface area contributed by atoms with E-state index in [1.807, 2.05) is 26.8 Å². The van der Waals surface area contributed by atoms with E-state index in [0.29, 0.717) is 13.2 Å². The Bertz CT molecular complexity index is 410. The smallest absolute Gasteiger partial charge is 0.433 e. The van der Waals surface area contributed by atoms with Crippen LogP contribution in [-0.4, -0.2) is 24.9 Å². The van der Waals surface area contributed by atoms with Crippen molar-refractivity contribution in [1.29, 1.82) is 0 Å². The Balaban J connectivity index is 2.13. The highest BCUT2D eigenvalue weighted by atomic mass is 16.7. The molecule has 0 aliphatic carbocycles. The zero-order chi connectivity index (χ0) is 14.3. The highest BCUT2D eigenvalue weighted by Crippen LogP contribution is 2.07. The number of hydrogen-bond donors (Lipinski definition) is 1. The second-order valence-corrected chi connectivity index (χ2v) is 5.48. The van der Waals surface area contributed by atoms with Gasteiger partial charge in [0.1, 0.15) is 12.2 Å². The minimum atomic E-state index is -0.621. The van der Waals surface area contributed by atoms with Crippen LogP contribution in [-0.2, 0) is 16.0 Å². The lowest BCUT2D eigenvalue weighted by molar-refractivity contribution is -0.00660. The second-order valence-electron chi connectivity index (χ2n) is 5.48. The molecular formula is C15H23NO3. The van der Waals surface area contributed by atoms with Crippen LogP contribution >= 0.6 is 0 Å². The van der Waals surface area contributed by atoms with Gasteiger partial charge in [0, 0.05) is 13.1 Å². The third kappa shape index (κ3) is 7.47. The highest BCUT2D eigenvalue weighted by Gasteiger charge is 2.16. The Morgan fingerprint density at radius 2 is 2.05 bits per heavy atom. The molecule has 4 nitrogen and oxygen atoms in total. The molecule has 0 atom stereocenters. The fourth-order valence-corrected chi connectivity index (χ4v) is 1.54. The van der Waals surface area contributed by atoms with E-state index in [9.17, 15) is 4.79 Å². The maximum Gasteiger partial charge on any atom is 0.508 e. The first-order valence-electron chi connectivity index (χ1n) is 6.49. The minimum Gasteiger partial charge on any atom is -0.433 e. The molecule has 0 saturated carbocycles. The Morgan fingerprint density at radius 1 is 1.32 bits per heavy atom. The van der Waals surface area contributed by atoms with E-state index in [1.54, 1.807) is 0 Å². The van der Waals surface area contributed by atoms with E-state index in [0.717, 1.165) is 6.54 Å². The molecule has 0 heterocycles. The van der Waals surface area contributed by atoms with E-state index in [1.165, 1.54) is 11.1 Å². The monoisotopic (exact) mass is 265 g/mol. The number of benzene rings is 1. The summed E-state index contributed by atoms with van der Waals surface area (Å²) in [5.74, 6) is 0. The number of carbonyl (C=O) groups excluding carboxylic acids is 1. The molecular weight excluding hydrogens is 242 g/mol. The predicted molar refractivity (Wildman–Crippen MR) is 75.1 cm³/mol. The molecule has 0 bridgehead atoms. The van der Waals surface area contributed by atoms with Crippen molar-refractivity contribution < 1.29 is 14.3 Å². The van der Waals surface area contributed by atoms with Crippen LogP contribution < -0.4 is 5.32 Å². The average Bonchev–Trinajstić information content (AvgIpc) is 2.26. The highest BCUT2D eigenvalue weighted by molar-refractivity contribution is 5.60. The molecule has 1 rings (SSSR count). The Morgan fingerprint density at radius 3 is 2.68 bits per heavy atom. The molecule has 0 radical (unpaired) electrons. The van der Waals surface area contributed by atoms with Crippen molar-refractivity contribution in [3.63, 3.8) is 0 Å². The Kier molecular flexibility index (Phi) is 5.83. The summed E-state index contributed by atoms with van der Waals surface area (Å²) in [4.78, 5) is 11.3. The molecule has 1 N–H and O–H groups in total. The maximum absolute atomic E-state index is 11.3. The summed E-state index contributed by atoms with van der Waals surface area (Å²) in [6.07, 6.45) is -0.621. The van der Waals surface area contributed by atoms with Crippen molar-refractivity contribution in [3.05, 3.63) is 35.4 Å². The van der Waals surface area contributed by atoms with Crippen LogP contribution in [0.2, 0.25) is 0 Å². The lowest BCUT2D eigenvalue weighted by Crippen LogP contribution is -2.27. The van der Waals surface area contributed by atoms with Crippen molar-refractivity contribution in [2.75, 3.05) is 13.2 Å². The molecule has 0 spiro atoms. The maximum atomic E-state index is 11.3. The van der Waals surface area contributed by atoms with Crippen LogP contribution in [0.4, 0.5) is 4.79 Å². The van der Waals surface area contributed by atoms with E-state index < -0.39 is 11.8 Å². The van der Waals surface area contributed by atoms with Gasteiger partial charge in [-0.15, -0.1) is 0 Å². The minimum absolute atomic E-state index is 0.306. The van der Waals surface area contributed by atoms with Gasteiger partial charge < -0.3 is 14.8 Å². The van der Waals surface area contributed by atoms with E-state index in [4.69, 9.17) is 9.47 Å². The number of rotatable bonds is 5. The molecule has 0 fully saturated rings. The quantitative estimate of drug-likeness (QED) is 0.656. The van der Waals surface area contributed by atoms with Crippen LogP contribution in [0.3, 0.4) is 0 Å². The number of ether oxygens (including phenoxy) is 2. The van der Waals surface area contributed by atoms with Gasteiger partial charge in [0.25, 0.3) is 0 Å². The van der Waals surface area contributed by atoms with Crippen molar-refractivity contribution in [3.8, 4) is 0 Å². The zero-order valence-corrected chi connectivity index (χ0v) is 12.2. The zero-order valence-electron chi connectivity index (χ0n) is 12.2. The van der Waals surface area contributed by atoms with Crippen molar-refractivity contribution in [1.82, 2.24) is 5.32 Å². The van der Waals surface area contributed by atoms with E-state index in [-0.39, 0.29) is 0 Å². The summed E-state index contributed by atoms with van der Waals surface area (Å²) in [6, 6.07) is 8.29. The van der Waals surface area contributed by atoms with Crippen molar-refractivity contribution in [2.45, 2.75) is 39.8 Å². The number of aryl methyl sites for hydroxylation is 1. The number of carbonyl (C=O) groups is 1. The molecule has 106 valence electrons. The second kappa shape index (κ2) is 7.14. The van der Waals surface area contributed by atoms with Crippen molar-refractivity contribution >= 4 is 6.16 Å². The molecule has 0 unspecified atom stereocenters. The van der Waals surface area contributed by atoms with Crippen LogP contribution in [0.25, 0.3) is 0 Å². The molecule has 4 heteroatoms. The van der Waals surface area contributed by atoms with Gasteiger partial charge in [-0.2, -0.15) is 0 Å². The molecule has 0 aliphatic heterocycles. The third-order valence-electron chi connectivity index (χ3n) is 2.30. The topological polar surface area (TPSA) is 47.6 Å².